The predicted octanol–water partition coefficient (Wildman–Crippen LogP) is 4.48. The zero-order chi connectivity index (χ0) is 23.0. The van der Waals surface area contributed by atoms with Crippen molar-refractivity contribution in [2.45, 2.75) is 43.2 Å². The van der Waals surface area contributed by atoms with Gasteiger partial charge in [0.15, 0.2) is 0 Å². The Hall–Kier alpha value is -2.48. The molecule has 3 aromatic carbocycles. The van der Waals surface area contributed by atoms with Gasteiger partial charge in [-0.15, -0.1) is 0 Å². The van der Waals surface area contributed by atoms with Crippen LogP contribution in [0.5, 0.6) is 0 Å². The molecule has 168 valence electrons. The lowest BCUT2D eigenvalue weighted by Crippen LogP contribution is -2.50. The fraction of sp³-hybridized carbons (Fsp3) is 0.240. The molecule has 2 atom stereocenters. The van der Waals surface area contributed by atoms with E-state index in [-0.39, 0.29) is 23.3 Å². The van der Waals surface area contributed by atoms with Crippen LogP contribution in [0.1, 0.15) is 24.5 Å². The minimum Gasteiger partial charge on any atom is -0.352 e. The first-order valence-corrected chi connectivity index (χ1v) is 12.8. The highest BCUT2D eigenvalue weighted by Crippen LogP contribution is 2.16. The van der Waals surface area contributed by atoms with Crippen LogP contribution in [0.2, 0.25) is 0 Å². The third-order valence-electron chi connectivity index (χ3n) is 5.12. The standard InChI is InChI=1S/C25H27BrN2O3S/c1-19(12-13-20-8-4-2-5-9-20)27-25(29)24(18-21-10-6-3-7-11-21)28-32(30,31)23-16-14-22(26)15-17-23/h2-11,14-17,19,24,28H,12-13,18H2,1H3,(H,27,29)/t19-,24+/m0/s1. The van der Waals surface area contributed by atoms with Crippen molar-refractivity contribution in [3.05, 3.63) is 101 Å². The normalized spacial score (nSPS) is 13.3. The second-order valence-corrected chi connectivity index (χ2v) is 10.4. The molecule has 0 fully saturated rings. The Morgan fingerprint density at radius 2 is 1.44 bits per heavy atom. The van der Waals surface area contributed by atoms with E-state index in [9.17, 15) is 13.2 Å². The molecule has 0 aromatic heterocycles. The number of carbonyl (C=O) groups excluding carboxylic acids is 1. The molecule has 0 aliphatic carbocycles. The van der Waals surface area contributed by atoms with Gasteiger partial charge in [-0.3, -0.25) is 4.79 Å². The van der Waals surface area contributed by atoms with Crippen LogP contribution in [-0.4, -0.2) is 26.4 Å². The minimum atomic E-state index is -3.86. The van der Waals surface area contributed by atoms with Crippen LogP contribution in [-0.2, 0) is 27.7 Å². The lowest BCUT2D eigenvalue weighted by atomic mass is 10.0. The van der Waals surface area contributed by atoms with Crippen LogP contribution in [0.3, 0.4) is 0 Å². The number of carbonyl (C=O) groups is 1. The van der Waals surface area contributed by atoms with E-state index in [4.69, 9.17) is 0 Å². The molecule has 2 N–H and O–H groups in total. The third-order valence-corrected chi connectivity index (χ3v) is 7.13. The molecular weight excluding hydrogens is 488 g/mol. The minimum absolute atomic E-state index is 0.0989. The molecule has 0 spiro atoms. The summed E-state index contributed by atoms with van der Waals surface area (Å²) >= 11 is 3.31. The van der Waals surface area contributed by atoms with Crippen molar-refractivity contribution < 1.29 is 13.2 Å². The quantitative estimate of drug-likeness (QED) is 0.418. The number of aryl methyl sites for hydroxylation is 1. The van der Waals surface area contributed by atoms with E-state index in [1.807, 2.05) is 55.5 Å². The highest BCUT2D eigenvalue weighted by atomic mass is 79.9. The fourth-order valence-electron chi connectivity index (χ4n) is 3.35. The molecule has 1 amide bonds. The van der Waals surface area contributed by atoms with Gasteiger partial charge in [0.25, 0.3) is 0 Å². The van der Waals surface area contributed by atoms with Crippen molar-refractivity contribution in [3.63, 3.8) is 0 Å². The Morgan fingerprint density at radius 1 is 0.875 bits per heavy atom. The number of amides is 1. The SMILES string of the molecule is C[C@@H](CCc1ccccc1)NC(=O)[C@@H](Cc1ccccc1)NS(=O)(=O)c1ccc(Br)cc1. The van der Waals surface area contributed by atoms with Crippen LogP contribution in [0.15, 0.2) is 94.3 Å². The van der Waals surface area contributed by atoms with E-state index in [1.165, 1.54) is 17.7 Å². The van der Waals surface area contributed by atoms with Gasteiger partial charge in [0, 0.05) is 10.5 Å². The maximum Gasteiger partial charge on any atom is 0.241 e. The maximum atomic E-state index is 13.1. The Morgan fingerprint density at radius 3 is 2.03 bits per heavy atom. The summed E-state index contributed by atoms with van der Waals surface area (Å²) in [7, 11) is -3.86. The Bertz CT molecular complexity index is 1100. The van der Waals surface area contributed by atoms with Crippen molar-refractivity contribution in [3.8, 4) is 0 Å². The summed E-state index contributed by atoms with van der Waals surface area (Å²) < 4.78 is 29.3. The van der Waals surface area contributed by atoms with Gasteiger partial charge in [-0.1, -0.05) is 76.6 Å². The Kier molecular flexibility index (Phi) is 8.61. The number of sulfonamides is 1. The molecule has 0 saturated carbocycles. The van der Waals surface area contributed by atoms with Gasteiger partial charge in [0.1, 0.15) is 6.04 Å². The van der Waals surface area contributed by atoms with Crippen molar-refractivity contribution >= 4 is 31.9 Å². The van der Waals surface area contributed by atoms with E-state index in [2.05, 4.69) is 38.1 Å². The van der Waals surface area contributed by atoms with Crippen LogP contribution in [0.25, 0.3) is 0 Å². The average Bonchev–Trinajstić information content (AvgIpc) is 2.79. The topological polar surface area (TPSA) is 75.3 Å². The second-order valence-electron chi connectivity index (χ2n) is 7.75. The van der Waals surface area contributed by atoms with Gasteiger partial charge in [-0.25, -0.2) is 8.42 Å². The fourth-order valence-corrected chi connectivity index (χ4v) is 4.81. The number of nitrogens with one attached hydrogen (secondary N) is 2. The monoisotopic (exact) mass is 514 g/mol. The largest absolute Gasteiger partial charge is 0.352 e. The number of hydrogen-bond acceptors (Lipinski definition) is 3. The first kappa shape index (κ1) is 24.2. The van der Waals surface area contributed by atoms with Gasteiger partial charge in [0.2, 0.25) is 15.9 Å². The first-order chi connectivity index (χ1) is 15.3. The van der Waals surface area contributed by atoms with Gasteiger partial charge in [-0.2, -0.15) is 4.72 Å². The van der Waals surface area contributed by atoms with Gasteiger partial charge in [-0.05, 0) is 61.6 Å². The molecular formula is C25H27BrN2O3S. The van der Waals surface area contributed by atoms with Gasteiger partial charge < -0.3 is 5.32 Å². The van der Waals surface area contributed by atoms with Crippen LogP contribution in [0.4, 0.5) is 0 Å². The van der Waals surface area contributed by atoms with Gasteiger partial charge >= 0.3 is 0 Å². The molecule has 0 heterocycles. The Labute approximate surface area is 198 Å². The van der Waals surface area contributed by atoms with Crippen LogP contribution >= 0.6 is 15.9 Å². The number of benzene rings is 3. The first-order valence-electron chi connectivity index (χ1n) is 10.5. The van der Waals surface area contributed by atoms with E-state index < -0.39 is 16.1 Å². The molecule has 0 aliphatic heterocycles. The van der Waals surface area contributed by atoms with E-state index in [0.717, 1.165) is 22.9 Å². The number of halogens is 1. The van der Waals surface area contributed by atoms with Crippen LogP contribution < -0.4 is 10.0 Å². The number of hydrogen-bond donors (Lipinski definition) is 2. The van der Waals surface area contributed by atoms with E-state index >= 15 is 0 Å². The lowest BCUT2D eigenvalue weighted by Gasteiger charge is -2.22. The maximum absolute atomic E-state index is 13.1. The van der Waals surface area contributed by atoms with Crippen molar-refractivity contribution in [1.29, 1.82) is 0 Å². The molecule has 0 aliphatic rings. The second kappa shape index (κ2) is 11.4. The van der Waals surface area contributed by atoms with Gasteiger partial charge in [0.05, 0.1) is 4.90 Å². The smallest absolute Gasteiger partial charge is 0.241 e. The summed E-state index contributed by atoms with van der Waals surface area (Å²) in [6.45, 7) is 1.93. The molecule has 0 unspecified atom stereocenters. The van der Waals surface area contributed by atoms with Crippen molar-refractivity contribution in [2.24, 2.45) is 0 Å². The molecule has 3 rings (SSSR count). The average molecular weight is 515 g/mol. The predicted molar refractivity (Wildman–Crippen MR) is 131 cm³/mol. The van der Waals surface area contributed by atoms with Crippen LogP contribution in [0, 0.1) is 0 Å². The molecule has 7 heteroatoms. The summed E-state index contributed by atoms with van der Waals surface area (Å²) in [5, 5.41) is 2.98. The molecule has 5 nitrogen and oxygen atoms in total. The van der Waals surface area contributed by atoms with E-state index in [1.54, 1.807) is 12.1 Å². The molecule has 3 aromatic rings. The summed E-state index contributed by atoms with van der Waals surface area (Å²) in [6.07, 6.45) is 1.84. The Balaban J connectivity index is 1.71. The molecule has 0 radical (unpaired) electrons. The molecule has 0 bridgehead atoms. The van der Waals surface area contributed by atoms with Crippen molar-refractivity contribution in [1.82, 2.24) is 10.0 Å². The lowest BCUT2D eigenvalue weighted by molar-refractivity contribution is -0.123. The molecule has 0 saturated heterocycles. The van der Waals surface area contributed by atoms with E-state index in [0.29, 0.717) is 0 Å². The van der Waals surface area contributed by atoms with Crippen molar-refractivity contribution in [2.75, 3.05) is 0 Å². The zero-order valence-electron chi connectivity index (χ0n) is 17.9. The highest BCUT2D eigenvalue weighted by Gasteiger charge is 2.27. The molecule has 32 heavy (non-hydrogen) atoms. The third kappa shape index (κ3) is 7.29. The number of rotatable bonds is 10. The summed E-state index contributed by atoms with van der Waals surface area (Å²) in [5.41, 5.74) is 2.08. The zero-order valence-corrected chi connectivity index (χ0v) is 20.3. The summed E-state index contributed by atoms with van der Waals surface area (Å²) in [5.74, 6) is -0.338. The highest BCUT2D eigenvalue weighted by molar-refractivity contribution is 9.10. The summed E-state index contributed by atoms with van der Waals surface area (Å²) in [4.78, 5) is 13.2. The summed E-state index contributed by atoms with van der Waals surface area (Å²) in [6, 6.07) is 24.8.